The fourth-order valence-electron chi connectivity index (χ4n) is 1.82. The normalized spacial score (nSPS) is 24.5. The van der Waals surface area contributed by atoms with Gasteiger partial charge >= 0.3 is 5.97 Å². The number of carboxylic acid groups (broad SMARTS) is 1. The molecule has 1 saturated heterocycles. The summed E-state index contributed by atoms with van der Waals surface area (Å²) in [5.41, 5.74) is 0. The van der Waals surface area contributed by atoms with E-state index in [0.29, 0.717) is 19.7 Å². The lowest BCUT2D eigenvalue weighted by atomic mass is 10.0. The Morgan fingerprint density at radius 3 is 2.76 bits per heavy atom. The van der Waals surface area contributed by atoms with Crippen molar-refractivity contribution in [2.75, 3.05) is 26.0 Å². The van der Waals surface area contributed by atoms with Crippen molar-refractivity contribution in [1.29, 1.82) is 0 Å². The highest BCUT2D eigenvalue weighted by Crippen LogP contribution is 2.19. The van der Waals surface area contributed by atoms with Crippen molar-refractivity contribution in [3.63, 3.8) is 0 Å². The number of ether oxygens (including phenoxy) is 1. The number of hydrogen-bond acceptors (Lipinski definition) is 4. The zero-order valence-corrected chi connectivity index (χ0v) is 10.9. The van der Waals surface area contributed by atoms with E-state index in [0.717, 1.165) is 12.8 Å². The third-order valence-electron chi connectivity index (χ3n) is 2.88. The maximum atomic E-state index is 11.4. The molecular weight excluding hydrogens is 246 g/mol. The van der Waals surface area contributed by atoms with E-state index in [-0.39, 0.29) is 5.92 Å². The van der Waals surface area contributed by atoms with E-state index < -0.39 is 22.1 Å². The summed E-state index contributed by atoms with van der Waals surface area (Å²) in [5, 5.41) is 8.66. The number of piperidine rings is 1. The minimum Gasteiger partial charge on any atom is -0.479 e. The zero-order valence-electron chi connectivity index (χ0n) is 10.1. The Bertz CT molecular complexity index is 367. The topological polar surface area (TPSA) is 83.9 Å². The van der Waals surface area contributed by atoms with Crippen molar-refractivity contribution >= 4 is 16.0 Å². The van der Waals surface area contributed by atoms with Crippen molar-refractivity contribution in [3.05, 3.63) is 0 Å². The maximum Gasteiger partial charge on any atom is 0.332 e. The van der Waals surface area contributed by atoms with Gasteiger partial charge in [-0.1, -0.05) is 0 Å². The highest BCUT2D eigenvalue weighted by molar-refractivity contribution is 7.88. The van der Waals surface area contributed by atoms with Gasteiger partial charge in [-0.15, -0.1) is 0 Å². The van der Waals surface area contributed by atoms with E-state index in [1.807, 2.05) is 0 Å². The van der Waals surface area contributed by atoms with Gasteiger partial charge in [0.2, 0.25) is 10.0 Å². The third kappa shape index (κ3) is 4.61. The molecule has 100 valence electrons. The Hall–Kier alpha value is -0.660. The first kappa shape index (κ1) is 14.4. The SMILES string of the molecule is C[C@@H](OCC1CCCN(S(C)(=O)=O)C1)C(=O)O. The first-order chi connectivity index (χ1) is 7.80. The highest BCUT2D eigenvalue weighted by atomic mass is 32.2. The molecule has 1 aliphatic rings. The van der Waals surface area contributed by atoms with Crippen molar-refractivity contribution in [1.82, 2.24) is 4.31 Å². The van der Waals surface area contributed by atoms with E-state index in [4.69, 9.17) is 9.84 Å². The molecule has 1 heterocycles. The van der Waals surface area contributed by atoms with Gasteiger partial charge in [-0.3, -0.25) is 0 Å². The summed E-state index contributed by atoms with van der Waals surface area (Å²) >= 11 is 0. The standard InChI is InChI=1S/C10H19NO5S/c1-8(10(12)13)16-7-9-4-3-5-11(6-9)17(2,14)15/h8-9H,3-7H2,1-2H3,(H,12,13)/t8-,9?/m1/s1. The van der Waals surface area contributed by atoms with Crippen LogP contribution in [0.5, 0.6) is 0 Å². The summed E-state index contributed by atoms with van der Waals surface area (Å²) in [6, 6.07) is 0. The summed E-state index contributed by atoms with van der Waals surface area (Å²) in [4.78, 5) is 10.6. The quantitative estimate of drug-likeness (QED) is 0.765. The van der Waals surface area contributed by atoms with Crippen LogP contribution in [0.3, 0.4) is 0 Å². The summed E-state index contributed by atoms with van der Waals surface area (Å²) in [5.74, 6) is -0.916. The number of sulfonamides is 1. The highest BCUT2D eigenvalue weighted by Gasteiger charge is 2.26. The van der Waals surface area contributed by atoms with Crippen LogP contribution in [0.15, 0.2) is 0 Å². The molecule has 17 heavy (non-hydrogen) atoms. The Kier molecular flexibility index (Phi) is 4.91. The molecule has 1 rings (SSSR count). The van der Waals surface area contributed by atoms with Gasteiger partial charge in [-0.2, -0.15) is 0 Å². The van der Waals surface area contributed by atoms with E-state index in [9.17, 15) is 13.2 Å². The van der Waals surface area contributed by atoms with Gasteiger partial charge in [0, 0.05) is 13.1 Å². The Balaban J connectivity index is 2.43. The van der Waals surface area contributed by atoms with Gasteiger partial charge < -0.3 is 9.84 Å². The molecule has 0 aromatic carbocycles. The molecular formula is C10H19NO5S. The van der Waals surface area contributed by atoms with Gasteiger partial charge in [0.05, 0.1) is 12.9 Å². The maximum absolute atomic E-state index is 11.4. The molecule has 0 amide bonds. The molecule has 0 spiro atoms. The molecule has 0 aliphatic carbocycles. The van der Waals surface area contributed by atoms with Crippen LogP contribution in [0.25, 0.3) is 0 Å². The number of carboxylic acids is 1. The average molecular weight is 265 g/mol. The van der Waals surface area contributed by atoms with Crippen LogP contribution in [0.4, 0.5) is 0 Å². The van der Waals surface area contributed by atoms with Gasteiger partial charge in [0.1, 0.15) is 0 Å². The lowest BCUT2D eigenvalue weighted by Crippen LogP contribution is -2.41. The molecule has 2 atom stereocenters. The first-order valence-electron chi connectivity index (χ1n) is 5.60. The average Bonchev–Trinajstić information content (AvgIpc) is 2.25. The summed E-state index contributed by atoms with van der Waals surface area (Å²) in [7, 11) is -3.15. The number of hydrogen-bond donors (Lipinski definition) is 1. The number of aliphatic carboxylic acids is 1. The second kappa shape index (κ2) is 5.79. The lowest BCUT2D eigenvalue weighted by Gasteiger charge is -2.31. The fraction of sp³-hybridized carbons (Fsp3) is 0.900. The van der Waals surface area contributed by atoms with Crippen LogP contribution in [0.1, 0.15) is 19.8 Å². The Morgan fingerprint density at radius 2 is 2.24 bits per heavy atom. The number of nitrogens with zero attached hydrogens (tertiary/aromatic N) is 1. The van der Waals surface area contributed by atoms with Gasteiger partial charge in [0.15, 0.2) is 6.10 Å². The third-order valence-corrected chi connectivity index (χ3v) is 4.15. The van der Waals surface area contributed by atoms with E-state index in [1.165, 1.54) is 17.5 Å². The number of carbonyl (C=O) groups is 1. The first-order valence-corrected chi connectivity index (χ1v) is 7.45. The van der Waals surface area contributed by atoms with Crippen LogP contribution in [-0.4, -0.2) is 55.9 Å². The fourth-order valence-corrected chi connectivity index (χ4v) is 2.76. The van der Waals surface area contributed by atoms with Crippen molar-refractivity contribution in [2.45, 2.75) is 25.9 Å². The predicted molar refractivity (Wildman–Crippen MR) is 62.2 cm³/mol. The van der Waals surface area contributed by atoms with E-state index in [2.05, 4.69) is 0 Å². The molecule has 1 N–H and O–H groups in total. The lowest BCUT2D eigenvalue weighted by molar-refractivity contribution is -0.150. The molecule has 1 unspecified atom stereocenters. The second-order valence-corrected chi connectivity index (χ2v) is 6.43. The molecule has 1 fully saturated rings. The van der Waals surface area contributed by atoms with Crippen molar-refractivity contribution in [3.8, 4) is 0 Å². The van der Waals surface area contributed by atoms with E-state index >= 15 is 0 Å². The molecule has 0 aromatic heterocycles. The van der Waals surface area contributed by atoms with Gasteiger partial charge in [0.25, 0.3) is 0 Å². The van der Waals surface area contributed by atoms with E-state index in [1.54, 1.807) is 0 Å². The smallest absolute Gasteiger partial charge is 0.332 e. The molecule has 0 aromatic rings. The minimum atomic E-state index is -3.15. The molecule has 6 nitrogen and oxygen atoms in total. The molecule has 7 heteroatoms. The Labute approximate surface area is 102 Å². The number of rotatable bonds is 5. The van der Waals surface area contributed by atoms with Crippen LogP contribution in [0, 0.1) is 5.92 Å². The molecule has 1 aliphatic heterocycles. The monoisotopic (exact) mass is 265 g/mol. The molecule has 0 saturated carbocycles. The molecule has 0 bridgehead atoms. The second-order valence-electron chi connectivity index (χ2n) is 4.44. The van der Waals surface area contributed by atoms with Crippen LogP contribution in [-0.2, 0) is 19.6 Å². The largest absolute Gasteiger partial charge is 0.479 e. The van der Waals surface area contributed by atoms with Crippen molar-refractivity contribution < 1.29 is 23.1 Å². The summed E-state index contributed by atoms with van der Waals surface area (Å²) < 4.78 is 29.3. The summed E-state index contributed by atoms with van der Waals surface area (Å²) in [6.45, 7) is 2.73. The van der Waals surface area contributed by atoms with Gasteiger partial charge in [-0.05, 0) is 25.7 Å². The minimum absolute atomic E-state index is 0.0836. The Morgan fingerprint density at radius 1 is 1.59 bits per heavy atom. The molecule has 0 radical (unpaired) electrons. The predicted octanol–water partition coefficient (Wildman–Crippen LogP) is 0.148. The summed E-state index contributed by atoms with van der Waals surface area (Å²) in [6.07, 6.45) is 2.01. The zero-order chi connectivity index (χ0) is 13.1. The van der Waals surface area contributed by atoms with Crippen molar-refractivity contribution in [2.24, 2.45) is 5.92 Å². The van der Waals surface area contributed by atoms with Crippen LogP contribution in [0.2, 0.25) is 0 Å². The van der Waals surface area contributed by atoms with Gasteiger partial charge in [-0.25, -0.2) is 17.5 Å². The van der Waals surface area contributed by atoms with Crippen LogP contribution < -0.4 is 0 Å². The van der Waals surface area contributed by atoms with Crippen LogP contribution >= 0.6 is 0 Å².